The van der Waals surface area contributed by atoms with Crippen LogP contribution in [0.25, 0.3) is 5.65 Å². The lowest BCUT2D eigenvalue weighted by Gasteiger charge is -2.01. The molecule has 90 valence electrons. The van der Waals surface area contributed by atoms with Crippen LogP contribution in [0.4, 0.5) is 0 Å². The summed E-state index contributed by atoms with van der Waals surface area (Å²) in [5.74, 6) is -0.662. The number of aliphatic carboxylic acids is 1. The van der Waals surface area contributed by atoms with Crippen LogP contribution in [0.5, 0.6) is 5.75 Å². The molecule has 0 saturated heterocycles. The van der Waals surface area contributed by atoms with Crippen LogP contribution in [-0.2, 0) is 11.3 Å². The zero-order valence-electron chi connectivity index (χ0n) is 9.16. The Labute approximate surface area is 95.9 Å². The first-order valence-electron chi connectivity index (χ1n) is 5.06. The van der Waals surface area contributed by atoms with E-state index in [2.05, 4.69) is 5.10 Å². The first kappa shape index (κ1) is 11.2. The minimum atomic E-state index is -1.12. The number of carboxylic acids is 1. The van der Waals surface area contributed by atoms with Gasteiger partial charge in [-0.25, -0.2) is 13.9 Å². The molecule has 0 bridgehead atoms. The number of nitrogens with zero attached hydrogens (tertiary/aromatic N) is 3. The highest BCUT2D eigenvalue weighted by Crippen LogP contribution is 2.15. The van der Waals surface area contributed by atoms with Crippen molar-refractivity contribution in [3.63, 3.8) is 0 Å². The minimum absolute atomic E-state index is 0.320. The number of rotatable bonds is 4. The zero-order valence-corrected chi connectivity index (χ0v) is 9.16. The molecule has 0 spiro atoms. The van der Waals surface area contributed by atoms with E-state index in [-0.39, 0.29) is 0 Å². The molecule has 7 nitrogen and oxygen atoms in total. The van der Waals surface area contributed by atoms with Gasteiger partial charge in [0.25, 0.3) is 0 Å². The van der Waals surface area contributed by atoms with Gasteiger partial charge in [-0.3, -0.25) is 4.79 Å². The van der Waals surface area contributed by atoms with Gasteiger partial charge in [-0.05, 0) is 19.1 Å². The quantitative estimate of drug-likeness (QED) is 0.807. The van der Waals surface area contributed by atoms with E-state index in [9.17, 15) is 9.59 Å². The molecule has 7 heteroatoms. The van der Waals surface area contributed by atoms with Crippen LogP contribution >= 0.6 is 0 Å². The molecule has 0 aliphatic rings. The second kappa shape index (κ2) is 4.28. The van der Waals surface area contributed by atoms with Gasteiger partial charge < -0.3 is 9.84 Å². The third-order valence-corrected chi connectivity index (χ3v) is 2.16. The van der Waals surface area contributed by atoms with E-state index in [0.29, 0.717) is 18.0 Å². The fourth-order valence-corrected chi connectivity index (χ4v) is 1.51. The van der Waals surface area contributed by atoms with Gasteiger partial charge in [0.05, 0.1) is 6.61 Å². The maximum Gasteiger partial charge on any atom is 0.350 e. The van der Waals surface area contributed by atoms with Gasteiger partial charge in [0, 0.05) is 6.20 Å². The van der Waals surface area contributed by atoms with Gasteiger partial charge in [-0.1, -0.05) is 0 Å². The van der Waals surface area contributed by atoms with Gasteiger partial charge in [-0.15, -0.1) is 5.10 Å². The maximum absolute atomic E-state index is 11.8. The average Bonchev–Trinajstić information content (AvgIpc) is 2.58. The van der Waals surface area contributed by atoms with Crippen LogP contribution in [0.1, 0.15) is 6.92 Å². The number of carboxylic acid groups (broad SMARTS) is 1. The monoisotopic (exact) mass is 237 g/mol. The topological polar surface area (TPSA) is 85.8 Å². The summed E-state index contributed by atoms with van der Waals surface area (Å²) in [6.07, 6.45) is 1.52. The van der Waals surface area contributed by atoms with Crippen molar-refractivity contribution >= 4 is 11.6 Å². The summed E-state index contributed by atoms with van der Waals surface area (Å²) in [7, 11) is 0. The first-order valence-corrected chi connectivity index (χ1v) is 5.06. The Morgan fingerprint density at radius 3 is 3.00 bits per heavy atom. The Hall–Kier alpha value is -2.31. The molecule has 0 aliphatic carbocycles. The molecule has 0 aromatic carbocycles. The fraction of sp³-hybridized carbons (Fsp3) is 0.300. The molecule has 0 radical (unpaired) electrons. The molecule has 2 aromatic heterocycles. The number of pyridine rings is 1. The smallest absolute Gasteiger partial charge is 0.350 e. The Balaban J connectivity index is 2.60. The summed E-state index contributed by atoms with van der Waals surface area (Å²) >= 11 is 0. The standard InChI is InChI=1S/C10H11N3O4/c1-2-17-7-4-3-5-12-9(7)11-13(10(12)16)6-8(14)15/h3-5H,2,6H2,1H3,(H,14,15). The van der Waals surface area contributed by atoms with Gasteiger partial charge in [0.2, 0.25) is 5.65 Å². The Morgan fingerprint density at radius 1 is 1.59 bits per heavy atom. The third kappa shape index (κ3) is 1.99. The highest BCUT2D eigenvalue weighted by atomic mass is 16.5. The highest BCUT2D eigenvalue weighted by molar-refractivity contribution is 5.66. The van der Waals surface area contributed by atoms with Crippen LogP contribution in [0.15, 0.2) is 23.1 Å². The largest absolute Gasteiger partial charge is 0.490 e. The van der Waals surface area contributed by atoms with Gasteiger partial charge >= 0.3 is 11.7 Å². The molecule has 2 aromatic rings. The molecular formula is C10H11N3O4. The third-order valence-electron chi connectivity index (χ3n) is 2.16. The second-order valence-electron chi connectivity index (χ2n) is 3.33. The van der Waals surface area contributed by atoms with E-state index in [0.717, 1.165) is 4.68 Å². The number of hydrogen-bond acceptors (Lipinski definition) is 4. The van der Waals surface area contributed by atoms with Gasteiger partial charge in [0.15, 0.2) is 5.75 Å². The molecule has 17 heavy (non-hydrogen) atoms. The summed E-state index contributed by atoms with van der Waals surface area (Å²) < 4.78 is 7.46. The maximum atomic E-state index is 11.8. The van der Waals surface area contributed by atoms with Crippen LogP contribution in [-0.4, -0.2) is 31.9 Å². The molecule has 0 amide bonds. The van der Waals surface area contributed by atoms with E-state index >= 15 is 0 Å². The molecule has 0 aliphatic heterocycles. The van der Waals surface area contributed by atoms with Crippen molar-refractivity contribution in [2.24, 2.45) is 0 Å². The van der Waals surface area contributed by atoms with E-state index in [1.54, 1.807) is 12.1 Å². The van der Waals surface area contributed by atoms with Crippen molar-refractivity contribution in [1.29, 1.82) is 0 Å². The van der Waals surface area contributed by atoms with Crippen molar-refractivity contribution in [1.82, 2.24) is 14.2 Å². The number of carbonyl (C=O) groups is 1. The van der Waals surface area contributed by atoms with Crippen molar-refractivity contribution in [2.75, 3.05) is 6.61 Å². The molecular weight excluding hydrogens is 226 g/mol. The SMILES string of the molecule is CCOc1cccn2c(=O)n(CC(=O)O)nc12. The lowest BCUT2D eigenvalue weighted by molar-refractivity contribution is -0.137. The number of hydrogen-bond donors (Lipinski definition) is 1. The van der Waals surface area contributed by atoms with Gasteiger partial charge in [0.1, 0.15) is 6.54 Å². The summed E-state index contributed by atoms with van der Waals surface area (Å²) in [5, 5.41) is 12.6. The van der Waals surface area contributed by atoms with Crippen LogP contribution in [0.2, 0.25) is 0 Å². The Morgan fingerprint density at radius 2 is 2.35 bits per heavy atom. The molecule has 0 saturated carbocycles. The molecule has 2 rings (SSSR count). The number of aromatic nitrogens is 3. The molecule has 0 atom stereocenters. The van der Waals surface area contributed by atoms with Crippen molar-refractivity contribution in [2.45, 2.75) is 13.5 Å². The molecule has 0 unspecified atom stereocenters. The summed E-state index contributed by atoms with van der Waals surface area (Å²) in [4.78, 5) is 22.3. The summed E-state index contributed by atoms with van der Waals surface area (Å²) in [6.45, 7) is 1.79. The number of ether oxygens (including phenoxy) is 1. The van der Waals surface area contributed by atoms with Crippen molar-refractivity contribution in [3.8, 4) is 5.75 Å². The van der Waals surface area contributed by atoms with Crippen LogP contribution in [0.3, 0.4) is 0 Å². The van der Waals surface area contributed by atoms with Gasteiger partial charge in [-0.2, -0.15) is 0 Å². The lowest BCUT2D eigenvalue weighted by Crippen LogP contribution is -2.24. The van der Waals surface area contributed by atoms with E-state index in [1.165, 1.54) is 10.6 Å². The Kier molecular flexibility index (Phi) is 2.82. The second-order valence-corrected chi connectivity index (χ2v) is 3.33. The minimum Gasteiger partial charge on any atom is -0.490 e. The zero-order chi connectivity index (χ0) is 12.4. The van der Waals surface area contributed by atoms with Crippen molar-refractivity contribution in [3.05, 3.63) is 28.8 Å². The fourth-order valence-electron chi connectivity index (χ4n) is 1.51. The van der Waals surface area contributed by atoms with Crippen molar-refractivity contribution < 1.29 is 14.6 Å². The molecule has 2 heterocycles. The average molecular weight is 237 g/mol. The van der Waals surface area contributed by atoms with Crippen LogP contribution in [0, 0.1) is 0 Å². The first-order chi connectivity index (χ1) is 8.13. The predicted octanol–water partition coefficient (Wildman–Crippen LogP) is -0.0207. The number of fused-ring (bicyclic) bond motifs is 1. The van der Waals surface area contributed by atoms with E-state index in [4.69, 9.17) is 9.84 Å². The van der Waals surface area contributed by atoms with Crippen LogP contribution < -0.4 is 10.4 Å². The van der Waals surface area contributed by atoms with E-state index in [1.807, 2.05) is 6.92 Å². The lowest BCUT2D eigenvalue weighted by atomic mass is 10.4. The summed E-state index contributed by atoms with van der Waals surface area (Å²) in [5.41, 5.74) is -0.176. The normalized spacial score (nSPS) is 10.6. The molecule has 0 fully saturated rings. The predicted molar refractivity (Wildman–Crippen MR) is 58.3 cm³/mol. The summed E-state index contributed by atoms with van der Waals surface area (Å²) in [6, 6.07) is 3.32. The highest BCUT2D eigenvalue weighted by Gasteiger charge is 2.12. The molecule has 1 N–H and O–H groups in total. The van der Waals surface area contributed by atoms with E-state index < -0.39 is 18.2 Å². The Bertz CT molecular complexity index is 614.